The van der Waals surface area contributed by atoms with Gasteiger partial charge in [-0.3, -0.25) is 5.73 Å². The van der Waals surface area contributed by atoms with Gasteiger partial charge in [-0.25, -0.2) is 4.98 Å². The first-order valence-corrected chi connectivity index (χ1v) is 3.66. The Morgan fingerprint density at radius 1 is 1.36 bits per heavy atom. The van der Waals surface area contributed by atoms with Gasteiger partial charge in [-0.15, -0.1) is 0 Å². The van der Waals surface area contributed by atoms with Crippen LogP contribution in [0.5, 0.6) is 0 Å². The zero-order valence-corrected chi connectivity index (χ0v) is 8.39. The molecular weight excluding hydrogens is 251 g/mol. The number of nitrogens with two attached hydrogens (primary N) is 1. The molecule has 0 saturated heterocycles. The van der Waals surface area contributed by atoms with E-state index in [1.54, 1.807) is 0 Å². The van der Waals surface area contributed by atoms with Crippen molar-refractivity contribution in [1.29, 1.82) is 0 Å². The summed E-state index contributed by atoms with van der Waals surface area (Å²) >= 11 is 0. The predicted molar refractivity (Wildman–Crippen MR) is 39.4 cm³/mol. The Kier molecular flexibility index (Phi) is 2.70. The van der Waals surface area contributed by atoms with Crippen LogP contribution in [0.25, 0.3) is 0 Å². The van der Waals surface area contributed by atoms with Crippen molar-refractivity contribution in [3.05, 3.63) is 23.4 Å². The van der Waals surface area contributed by atoms with E-state index in [0.717, 1.165) is 12.2 Å². The number of anilines is 1. The molecule has 0 aromatic carbocycles. The number of hydrogen-bond donors (Lipinski definition) is 1. The van der Waals surface area contributed by atoms with E-state index in [2.05, 4.69) is 11.1 Å². The molecular formula is C8H11IN2. The van der Waals surface area contributed by atoms with E-state index in [-0.39, 0.29) is 24.0 Å². The predicted octanol–water partition coefficient (Wildman–Crippen LogP) is -2.42. The van der Waals surface area contributed by atoms with Crippen molar-refractivity contribution in [3.8, 4) is 0 Å². The van der Waals surface area contributed by atoms with Crippen LogP contribution in [0.2, 0.25) is 0 Å². The second-order valence-corrected chi connectivity index (χ2v) is 2.75. The summed E-state index contributed by atoms with van der Waals surface area (Å²) in [5.41, 5.74) is 8.48. The molecule has 1 aliphatic rings. The summed E-state index contributed by atoms with van der Waals surface area (Å²) in [6, 6.07) is 2.12. The van der Waals surface area contributed by atoms with Crippen molar-refractivity contribution in [1.82, 2.24) is 0 Å². The molecule has 3 N–H and O–H groups in total. The van der Waals surface area contributed by atoms with Crippen molar-refractivity contribution in [2.24, 2.45) is 0 Å². The molecule has 0 unspecified atom stereocenters. The van der Waals surface area contributed by atoms with Crippen molar-refractivity contribution in [2.75, 3.05) is 5.73 Å². The van der Waals surface area contributed by atoms with E-state index in [0.29, 0.717) is 0 Å². The van der Waals surface area contributed by atoms with Gasteiger partial charge < -0.3 is 24.0 Å². The van der Waals surface area contributed by atoms with Crippen LogP contribution >= 0.6 is 0 Å². The average Bonchev–Trinajstić information content (AvgIpc) is 2.36. The Morgan fingerprint density at radius 2 is 2.18 bits per heavy atom. The Hall–Kier alpha value is -0.320. The van der Waals surface area contributed by atoms with Gasteiger partial charge in [0.05, 0.1) is 6.20 Å². The zero-order chi connectivity index (χ0) is 6.97. The summed E-state index contributed by atoms with van der Waals surface area (Å²) in [4.78, 5) is 3.01. The summed E-state index contributed by atoms with van der Waals surface area (Å²) < 4.78 is 0. The van der Waals surface area contributed by atoms with E-state index in [1.807, 2.05) is 6.20 Å². The number of nitrogens with one attached hydrogen (secondary N) is 1. The third-order valence-electron chi connectivity index (χ3n) is 2.11. The number of aromatic nitrogens is 1. The molecule has 2 rings (SSSR count). The lowest BCUT2D eigenvalue weighted by molar-refractivity contribution is -0.360. The summed E-state index contributed by atoms with van der Waals surface area (Å²) in [7, 11) is 0. The highest BCUT2D eigenvalue weighted by Gasteiger charge is 2.15. The molecule has 1 aromatic rings. The highest BCUT2D eigenvalue weighted by Crippen LogP contribution is 2.22. The maximum absolute atomic E-state index is 5.72. The van der Waals surface area contributed by atoms with Gasteiger partial charge in [0.2, 0.25) is 0 Å². The lowest BCUT2D eigenvalue weighted by Crippen LogP contribution is -3.00. The van der Waals surface area contributed by atoms with Crippen LogP contribution in [0.4, 0.5) is 5.82 Å². The van der Waals surface area contributed by atoms with Gasteiger partial charge in [-0.2, -0.15) is 0 Å². The largest absolute Gasteiger partial charge is 1.00 e. The van der Waals surface area contributed by atoms with Gasteiger partial charge in [-0.05, 0) is 30.9 Å². The average molecular weight is 262 g/mol. The van der Waals surface area contributed by atoms with E-state index >= 15 is 0 Å². The van der Waals surface area contributed by atoms with Crippen LogP contribution in [-0.2, 0) is 12.8 Å². The van der Waals surface area contributed by atoms with Crippen LogP contribution in [0, 0.1) is 0 Å². The normalized spacial score (nSPS) is 13.8. The van der Waals surface area contributed by atoms with Crippen LogP contribution in [-0.4, -0.2) is 0 Å². The topological polar surface area (TPSA) is 40.2 Å². The second-order valence-electron chi connectivity index (χ2n) is 2.75. The lowest BCUT2D eigenvalue weighted by Gasteiger charge is -1.94. The molecule has 1 aliphatic carbocycles. The minimum Gasteiger partial charge on any atom is -1.00 e. The van der Waals surface area contributed by atoms with Gasteiger partial charge in [-0.1, -0.05) is 0 Å². The second kappa shape index (κ2) is 3.38. The van der Waals surface area contributed by atoms with Crippen molar-refractivity contribution < 1.29 is 29.0 Å². The van der Waals surface area contributed by atoms with Crippen molar-refractivity contribution in [2.45, 2.75) is 19.3 Å². The first kappa shape index (κ1) is 8.77. The number of aromatic amines is 1. The standard InChI is InChI=1S/C8H10N2.HI/c9-8-7-3-1-2-6(7)4-5-10-8;/h4-5H,1-3H2,(H2,9,10);1H. The molecule has 60 valence electrons. The molecule has 0 radical (unpaired) electrons. The molecule has 1 heterocycles. The highest BCUT2D eigenvalue weighted by molar-refractivity contribution is 5.42. The van der Waals surface area contributed by atoms with Gasteiger partial charge in [0.25, 0.3) is 5.82 Å². The highest BCUT2D eigenvalue weighted by atomic mass is 127. The van der Waals surface area contributed by atoms with E-state index < -0.39 is 0 Å². The summed E-state index contributed by atoms with van der Waals surface area (Å²) in [6.45, 7) is 0. The molecule has 0 amide bonds. The van der Waals surface area contributed by atoms with E-state index in [1.165, 1.54) is 24.0 Å². The molecule has 3 heteroatoms. The quantitative estimate of drug-likeness (QED) is 0.519. The fraction of sp³-hybridized carbons (Fsp3) is 0.375. The van der Waals surface area contributed by atoms with Crippen LogP contribution < -0.4 is 34.7 Å². The fourth-order valence-corrected chi connectivity index (χ4v) is 1.58. The lowest BCUT2D eigenvalue weighted by atomic mass is 10.2. The molecule has 0 saturated carbocycles. The fourth-order valence-electron chi connectivity index (χ4n) is 1.58. The van der Waals surface area contributed by atoms with Crippen LogP contribution in [0.15, 0.2) is 12.3 Å². The smallest absolute Gasteiger partial charge is 0.273 e. The first-order valence-electron chi connectivity index (χ1n) is 3.66. The Labute approximate surface area is 83.2 Å². The Balaban J connectivity index is 0.000000605. The van der Waals surface area contributed by atoms with Crippen LogP contribution in [0.1, 0.15) is 17.5 Å². The number of aryl methyl sites for hydroxylation is 1. The van der Waals surface area contributed by atoms with E-state index in [9.17, 15) is 0 Å². The first-order chi connectivity index (χ1) is 4.88. The monoisotopic (exact) mass is 262 g/mol. The van der Waals surface area contributed by atoms with Gasteiger partial charge in [0.1, 0.15) is 0 Å². The summed E-state index contributed by atoms with van der Waals surface area (Å²) in [5.74, 6) is 0.856. The maximum Gasteiger partial charge on any atom is 0.273 e. The third kappa shape index (κ3) is 1.47. The molecule has 11 heavy (non-hydrogen) atoms. The molecule has 0 spiro atoms. The number of hydrogen-bond acceptors (Lipinski definition) is 1. The minimum absolute atomic E-state index is 0. The number of fused-ring (bicyclic) bond motifs is 1. The molecule has 1 aromatic heterocycles. The van der Waals surface area contributed by atoms with Gasteiger partial charge in [0, 0.05) is 5.56 Å². The Morgan fingerprint density at radius 3 is 2.91 bits per heavy atom. The molecule has 2 nitrogen and oxygen atoms in total. The maximum atomic E-state index is 5.72. The van der Waals surface area contributed by atoms with E-state index in [4.69, 9.17) is 5.73 Å². The van der Waals surface area contributed by atoms with Gasteiger partial charge in [0.15, 0.2) is 0 Å². The zero-order valence-electron chi connectivity index (χ0n) is 6.23. The van der Waals surface area contributed by atoms with Crippen LogP contribution in [0.3, 0.4) is 0 Å². The van der Waals surface area contributed by atoms with Gasteiger partial charge >= 0.3 is 0 Å². The molecule has 0 bridgehead atoms. The summed E-state index contributed by atoms with van der Waals surface area (Å²) in [5, 5.41) is 0. The summed E-state index contributed by atoms with van der Waals surface area (Å²) in [6.07, 6.45) is 5.53. The number of H-pyrrole nitrogens is 1. The number of nitrogen functional groups attached to an aromatic ring is 1. The molecule has 0 atom stereocenters. The minimum atomic E-state index is 0. The number of pyridine rings is 1. The third-order valence-corrected chi connectivity index (χ3v) is 2.11. The van der Waals surface area contributed by atoms with Crippen molar-refractivity contribution >= 4 is 5.82 Å². The molecule has 0 aliphatic heterocycles. The SMILES string of the molecule is Nc1[nH+]ccc2c1CCC2.[I-]. The Bertz CT molecular complexity index is 260. The molecule has 0 fully saturated rings. The number of halogens is 1. The number of rotatable bonds is 0. The van der Waals surface area contributed by atoms with Crippen molar-refractivity contribution in [3.63, 3.8) is 0 Å².